The number of halogens is 3. The molecule has 0 aliphatic carbocycles. The minimum absolute atomic E-state index is 0.0528. The second-order valence-corrected chi connectivity index (χ2v) is 3.90. The van der Waals surface area contributed by atoms with Gasteiger partial charge in [0.25, 0.3) is 0 Å². The van der Waals surface area contributed by atoms with Gasteiger partial charge in [0.1, 0.15) is 12.4 Å². The van der Waals surface area contributed by atoms with Gasteiger partial charge in [0, 0.05) is 12.7 Å². The molecule has 0 unspecified atom stereocenters. The van der Waals surface area contributed by atoms with E-state index in [0.29, 0.717) is 6.42 Å². The number of pyridine rings is 1. The lowest BCUT2D eigenvalue weighted by molar-refractivity contribution is -0.119. The molecule has 1 heterocycles. The van der Waals surface area contributed by atoms with E-state index < -0.39 is 12.7 Å². The standard InChI is InChI=1S/C11H15F3N4O/c1-2-6-18(7-11(12,13)14)10-8(9(15)17-19)4-3-5-16-10/h3-5,19H,2,6-7H2,1H3,(H2,15,17). The van der Waals surface area contributed by atoms with Gasteiger partial charge in [0.05, 0.1) is 5.56 Å². The van der Waals surface area contributed by atoms with E-state index in [-0.39, 0.29) is 23.8 Å². The zero-order valence-corrected chi connectivity index (χ0v) is 10.4. The highest BCUT2D eigenvalue weighted by molar-refractivity contribution is 6.01. The Kier molecular flexibility index (Phi) is 4.96. The average Bonchev–Trinajstić information content (AvgIpc) is 2.36. The van der Waals surface area contributed by atoms with Gasteiger partial charge >= 0.3 is 6.18 Å². The van der Waals surface area contributed by atoms with Gasteiger partial charge in [-0.05, 0) is 18.6 Å². The molecule has 5 nitrogen and oxygen atoms in total. The largest absolute Gasteiger partial charge is 0.409 e. The molecule has 0 saturated carbocycles. The average molecular weight is 276 g/mol. The van der Waals surface area contributed by atoms with Crippen molar-refractivity contribution in [3.8, 4) is 0 Å². The number of anilines is 1. The monoisotopic (exact) mass is 276 g/mol. The molecule has 1 aromatic rings. The van der Waals surface area contributed by atoms with Crippen molar-refractivity contribution in [1.82, 2.24) is 4.98 Å². The summed E-state index contributed by atoms with van der Waals surface area (Å²) in [7, 11) is 0. The number of oxime groups is 1. The molecule has 0 fully saturated rings. The number of amidine groups is 1. The number of alkyl halides is 3. The number of hydrogen-bond acceptors (Lipinski definition) is 4. The Morgan fingerprint density at radius 3 is 2.74 bits per heavy atom. The summed E-state index contributed by atoms with van der Waals surface area (Å²) in [5, 5.41) is 11.5. The number of rotatable bonds is 5. The van der Waals surface area contributed by atoms with E-state index in [2.05, 4.69) is 10.1 Å². The summed E-state index contributed by atoms with van der Waals surface area (Å²) < 4.78 is 37.6. The van der Waals surface area contributed by atoms with Gasteiger partial charge in [0.2, 0.25) is 0 Å². The normalized spacial score (nSPS) is 12.5. The maximum absolute atomic E-state index is 12.5. The second kappa shape index (κ2) is 6.26. The van der Waals surface area contributed by atoms with Gasteiger partial charge in [-0.15, -0.1) is 0 Å². The highest BCUT2D eigenvalue weighted by Crippen LogP contribution is 2.23. The first-order valence-electron chi connectivity index (χ1n) is 5.63. The molecule has 3 N–H and O–H groups in total. The molecule has 1 rings (SSSR count). The molecule has 1 aromatic heterocycles. The fraction of sp³-hybridized carbons (Fsp3) is 0.455. The second-order valence-electron chi connectivity index (χ2n) is 3.90. The van der Waals surface area contributed by atoms with E-state index in [4.69, 9.17) is 10.9 Å². The molecule has 0 radical (unpaired) electrons. The van der Waals surface area contributed by atoms with Crippen LogP contribution in [-0.4, -0.2) is 35.3 Å². The Hall–Kier alpha value is -1.99. The smallest absolute Gasteiger partial charge is 0.405 e. The van der Waals surface area contributed by atoms with Crippen LogP contribution in [-0.2, 0) is 0 Å². The van der Waals surface area contributed by atoms with Crippen molar-refractivity contribution < 1.29 is 18.4 Å². The third-order valence-corrected chi connectivity index (χ3v) is 2.33. The van der Waals surface area contributed by atoms with Crippen molar-refractivity contribution in [2.45, 2.75) is 19.5 Å². The van der Waals surface area contributed by atoms with Crippen molar-refractivity contribution in [3.05, 3.63) is 23.9 Å². The molecule has 19 heavy (non-hydrogen) atoms. The Balaban J connectivity index is 3.15. The zero-order valence-electron chi connectivity index (χ0n) is 10.4. The number of hydrogen-bond donors (Lipinski definition) is 2. The van der Waals surface area contributed by atoms with Crippen LogP contribution in [0.3, 0.4) is 0 Å². The summed E-state index contributed by atoms with van der Waals surface area (Å²) in [6, 6.07) is 2.96. The summed E-state index contributed by atoms with van der Waals surface area (Å²) in [5.41, 5.74) is 5.61. The highest BCUT2D eigenvalue weighted by atomic mass is 19.4. The predicted molar refractivity (Wildman–Crippen MR) is 65.3 cm³/mol. The summed E-state index contributed by atoms with van der Waals surface area (Å²) in [5.74, 6) is -0.219. The van der Waals surface area contributed by atoms with Crippen molar-refractivity contribution in [1.29, 1.82) is 0 Å². The molecule has 0 saturated heterocycles. The van der Waals surface area contributed by atoms with Gasteiger partial charge < -0.3 is 15.8 Å². The molecular formula is C11H15F3N4O. The van der Waals surface area contributed by atoms with Crippen molar-refractivity contribution in [3.63, 3.8) is 0 Å². The van der Waals surface area contributed by atoms with Crippen LogP contribution in [0.4, 0.5) is 19.0 Å². The minimum atomic E-state index is -4.35. The number of aromatic nitrogens is 1. The van der Waals surface area contributed by atoms with E-state index >= 15 is 0 Å². The Morgan fingerprint density at radius 2 is 2.21 bits per heavy atom. The topological polar surface area (TPSA) is 74.7 Å². The van der Waals surface area contributed by atoms with Crippen molar-refractivity contribution in [2.24, 2.45) is 10.9 Å². The summed E-state index contributed by atoms with van der Waals surface area (Å²) in [6.45, 7) is 0.793. The van der Waals surface area contributed by atoms with E-state index in [1.807, 2.05) is 0 Å². The van der Waals surface area contributed by atoms with E-state index in [0.717, 1.165) is 4.90 Å². The van der Waals surface area contributed by atoms with Crippen LogP contribution in [0.15, 0.2) is 23.5 Å². The van der Waals surface area contributed by atoms with Crippen LogP contribution in [0.2, 0.25) is 0 Å². The SMILES string of the molecule is CCCN(CC(F)(F)F)c1ncccc1/C(N)=N/O. The molecule has 0 atom stereocenters. The van der Waals surface area contributed by atoms with Gasteiger partial charge in [-0.3, -0.25) is 0 Å². The van der Waals surface area contributed by atoms with Crippen LogP contribution < -0.4 is 10.6 Å². The zero-order chi connectivity index (χ0) is 14.5. The maximum Gasteiger partial charge on any atom is 0.405 e. The van der Waals surface area contributed by atoms with Crippen LogP contribution in [0, 0.1) is 0 Å². The lowest BCUT2D eigenvalue weighted by atomic mass is 10.2. The van der Waals surface area contributed by atoms with Crippen molar-refractivity contribution in [2.75, 3.05) is 18.0 Å². The minimum Gasteiger partial charge on any atom is -0.409 e. The lowest BCUT2D eigenvalue weighted by Gasteiger charge is -2.26. The molecule has 0 aromatic carbocycles. The molecule has 8 heteroatoms. The first-order valence-corrected chi connectivity index (χ1v) is 5.63. The summed E-state index contributed by atoms with van der Waals surface area (Å²) in [4.78, 5) is 4.97. The van der Waals surface area contributed by atoms with Gasteiger partial charge in [-0.25, -0.2) is 4.98 Å². The third kappa shape index (κ3) is 4.31. The fourth-order valence-electron chi connectivity index (χ4n) is 1.65. The van der Waals surface area contributed by atoms with Crippen LogP contribution >= 0.6 is 0 Å². The molecule has 0 aliphatic heterocycles. The molecular weight excluding hydrogens is 261 g/mol. The van der Waals surface area contributed by atoms with Crippen LogP contribution in [0.5, 0.6) is 0 Å². The van der Waals surface area contributed by atoms with E-state index in [1.165, 1.54) is 18.3 Å². The summed E-state index contributed by atoms with van der Waals surface area (Å²) >= 11 is 0. The predicted octanol–water partition coefficient (Wildman–Crippen LogP) is 1.95. The van der Waals surface area contributed by atoms with Crippen molar-refractivity contribution >= 4 is 11.7 Å². The summed E-state index contributed by atoms with van der Waals surface area (Å²) in [6.07, 6.45) is -2.47. The molecule has 0 amide bonds. The molecule has 0 bridgehead atoms. The Morgan fingerprint density at radius 1 is 1.53 bits per heavy atom. The Labute approximate surface area is 108 Å². The van der Waals surface area contributed by atoms with E-state index in [1.54, 1.807) is 6.92 Å². The molecule has 106 valence electrons. The first kappa shape index (κ1) is 15.1. The molecule has 0 spiro atoms. The quantitative estimate of drug-likeness (QED) is 0.373. The van der Waals surface area contributed by atoms with Gasteiger partial charge in [-0.1, -0.05) is 12.1 Å². The van der Waals surface area contributed by atoms with Gasteiger partial charge in [0.15, 0.2) is 5.84 Å². The first-order chi connectivity index (χ1) is 8.89. The fourth-order valence-corrected chi connectivity index (χ4v) is 1.65. The van der Waals surface area contributed by atoms with Crippen LogP contribution in [0.25, 0.3) is 0 Å². The number of nitrogens with zero attached hydrogens (tertiary/aromatic N) is 3. The maximum atomic E-state index is 12.5. The van der Waals surface area contributed by atoms with Crippen LogP contribution in [0.1, 0.15) is 18.9 Å². The van der Waals surface area contributed by atoms with E-state index in [9.17, 15) is 13.2 Å². The highest BCUT2D eigenvalue weighted by Gasteiger charge is 2.32. The number of nitrogens with two attached hydrogens (primary N) is 1. The Bertz CT molecular complexity index is 448. The van der Waals surface area contributed by atoms with Gasteiger partial charge in [-0.2, -0.15) is 13.2 Å². The lowest BCUT2D eigenvalue weighted by Crippen LogP contribution is -2.37. The third-order valence-electron chi connectivity index (χ3n) is 2.33. The molecule has 0 aliphatic rings.